The first-order valence-electron chi connectivity index (χ1n) is 10.5. The van der Waals surface area contributed by atoms with Crippen LogP contribution in [0.2, 0.25) is 5.02 Å². The van der Waals surface area contributed by atoms with Crippen molar-refractivity contribution in [3.63, 3.8) is 0 Å². The minimum Gasteiger partial charge on any atom is -0.398 e. The number of hydrogen-bond acceptors (Lipinski definition) is 8. The first-order valence-corrected chi connectivity index (χ1v) is 10.9. The van der Waals surface area contributed by atoms with Crippen molar-refractivity contribution >= 4 is 29.5 Å². The zero-order valence-corrected chi connectivity index (χ0v) is 18.6. The maximum Gasteiger partial charge on any atom is 0.240 e. The number of halogens is 1. The minimum atomic E-state index is -1.25. The third-order valence-corrected chi connectivity index (χ3v) is 5.90. The van der Waals surface area contributed by atoms with Crippen LogP contribution in [0.3, 0.4) is 0 Å². The first-order chi connectivity index (χ1) is 14.7. The van der Waals surface area contributed by atoms with Gasteiger partial charge in [-0.1, -0.05) is 31.5 Å². The maximum absolute atomic E-state index is 13.4. The molecule has 3 unspecified atom stereocenters. The zero-order valence-electron chi connectivity index (χ0n) is 17.9. The molecule has 174 valence electrons. The summed E-state index contributed by atoms with van der Waals surface area (Å²) in [6, 6.07) is 2.91. The summed E-state index contributed by atoms with van der Waals surface area (Å²) in [7, 11) is 0. The van der Waals surface area contributed by atoms with Gasteiger partial charge in [-0.2, -0.15) is 0 Å². The lowest BCUT2D eigenvalue weighted by molar-refractivity contribution is -0.139. The van der Waals surface area contributed by atoms with Crippen molar-refractivity contribution in [1.29, 1.82) is 0 Å². The van der Waals surface area contributed by atoms with E-state index in [1.807, 2.05) is 13.8 Å². The topological polar surface area (TPSA) is 148 Å². The van der Waals surface area contributed by atoms with Gasteiger partial charge in [-0.3, -0.25) is 15.4 Å². The molecule has 2 rings (SSSR count). The van der Waals surface area contributed by atoms with E-state index in [9.17, 15) is 19.8 Å². The molecule has 0 spiro atoms. The van der Waals surface area contributed by atoms with Crippen molar-refractivity contribution in [3.05, 3.63) is 28.8 Å². The molecular weight excluding hydrogens is 424 g/mol. The number of nitrogens with zero attached hydrogens (tertiary/aromatic N) is 1. The molecule has 7 N–H and O–H groups in total. The summed E-state index contributed by atoms with van der Waals surface area (Å²) < 4.78 is 0. The van der Waals surface area contributed by atoms with Crippen LogP contribution < -0.4 is 16.4 Å². The van der Waals surface area contributed by atoms with Crippen molar-refractivity contribution in [2.24, 2.45) is 5.92 Å². The van der Waals surface area contributed by atoms with E-state index in [1.54, 1.807) is 23.1 Å². The van der Waals surface area contributed by atoms with Crippen LogP contribution in [-0.2, 0) is 9.59 Å². The van der Waals surface area contributed by atoms with Crippen LogP contribution in [-0.4, -0.2) is 69.9 Å². The Morgan fingerprint density at radius 3 is 2.65 bits per heavy atom. The zero-order chi connectivity index (χ0) is 23.1. The number of likely N-dealkylation sites (tertiary alicyclic amines) is 1. The molecular formula is C21H33ClN4O5. The van der Waals surface area contributed by atoms with Gasteiger partial charge in [0.05, 0.1) is 18.1 Å². The summed E-state index contributed by atoms with van der Waals surface area (Å²) in [6.45, 7) is 3.95. The predicted octanol–water partition coefficient (Wildman–Crippen LogP) is 0.376. The number of amides is 1. The number of nitrogens with one attached hydrogen (secondary N) is 2. The van der Waals surface area contributed by atoms with Crippen molar-refractivity contribution in [3.8, 4) is 0 Å². The van der Waals surface area contributed by atoms with E-state index < -0.39 is 30.6 Å². The van der Waals surface area contributed by atoms with Crippen LogP contribution in [0.1, 0.15) is 44.9 Å². The van der Waals surface area contributed by atoms with E-state index in [4.69, 9.17) is 22.4 Å². The van der Waals surface area contributed by atoms with Crippen LogP contribution in [0.15, 0.2) is 18.2 Å². The highest BCUT2D eigenvalue weighted by atomic mass is 35.5. The summed E-state index contributed by atoms with van der Waals surface area (Å²) in [6.07, 6.45) is -0.309. The molecule has 31 heavy (non-hydrogen) atoms. The lowest BCUT2D eigenvalue weighted by Gasteiger charge is -2.35. The summed E-state index contributed by atoms with van der Waals surface area (Å²) in [5.41, 5.74) is 6.57. The lowest BCUT2D eigenvalue weighted by Crippen LogP contribution is -2.57. The van der Waals surface area contributed by atoms with Gasteiger partial charge in [-0.15, -0.1) is 0 Å². The molecule has 1 aromatic rings. The van der Waals surface area contributed by atoms with Crippen LogP contribution in [0.25, 0.3) is 0 Å². The van der Waals surface area contributed by atoms with E-state index in [2.05, 4.69) is 10.6 Å². The molecule has 0 bridgehead atoms. The minimum absolute atomic E-state index is 0.169. The average molecular weight is 457 g/mol. The number of benzene rings is 1. The van der Waals surface area contributed by atoms with Crippen molar-refractivity contribution in [2.45, 2.75) is 63.7 Å². The third kappa shape index (κ3) is 6.38. The first kappa shape index (κ1) is 25.5. The quantitative estimate of drug-likeness (QED) is 0.159. The monoisotopic (exact) mass is 456 g/mol. The second-order valence-corrected chi connectivity index (χ2v) is 8.55. The smallest absolute Gasteiger partial charge is 0.240 e. The Morgan fingerprint density at radius 1 is 1.35 bits per heavy atom. The third-order valence-electron chi connectivity index (χ3n) is 5.57. The molecule has 1 heterocycles. The summed E-state index contributed by atoms with van der Waals surface area (Å²) >= 11 is 6.18. The Morgan fingerprint density at radius 2 is 2.06 bits per heavy atom. The Hall–Kier alpha value is -1.75. The van der Waals surface area contributed by atoms with Crippen LogP contribution in [0, 0.1) is 5.92 Å². The van der Waals surface area contributed by atoms with E-state index in [0.717, 1.165) is 0 Å². The number of aldehydes is 1. The fourth-order valence-corrected chi connectivity index (χ4v) is 4.16. The SMILES string of the molecule is CC(C)[C@H](NC(O)c1c(N)cccc1Cl)C(=O)N1CCC[C@H]1C(O)NC(C=O)CCO. The molecule has 0 saturated carbocycles. The molecule has 1 aromatic carbocycles. The number of nitrogen functional groups attached to an aromatic ring is 1. The normalized spacial score (nSPS) is 20.5. The molecule has 10 heteroatoms. The van der Waals surface area contributed by atoms with Crippen LogP contribution >= 0.6 is 11.6 Å². The van der Waals surface area contributed by atoms with Crippen molar-refractivity contribution < 1.29 is 24.9 Å². The number of carbonyl (C=O) groups is 2. The van der Waals surface area contributed by atoms with Crippen LogP contribution in [0.4, 0.5) is 5.69 Å². The van der Waals surface area contributed by atoms with Gasteiger partial charge in [0.1, 0.15) is 18.7 Å². The van der Waals surface area contributed by atoms with E-state index in [0.29, 0.717) is 36.9 Å². The van der Waals surface area contributed by atoms with Crippen molar-refractivity contribution in [1.82, 2.24) is 15.5 Å². The van der Waals surface area contributed by atoms with Gasteiger partial charge in [0.15, 0.2) is 0 Å². The van der Waals surface area contributed by atoms with Gasteiger partial charge in [-0.05, 0) is 37.3 Å². The summed E-state index contributed by atoms with van der Waals surface area (Å²) in [5, 5.41) is 36.3. The number of hydrogen-bond donors (Lipinski definition) is 6. The number of aliphatic hydroxyl groups is 3. The molecule has 5 atom stereocenters. The fraction of sp³-hybridized carbons (Fsp3) is 0.619. The standard InChI is InChI=1S/C21H33ClN4O5/c1-12(2)18(25-20(30)17-14(22)5-3-6-15(17)23)21(31)26-9-4-7-16(26)19(29)24-13(11-28)8-10-27/h3,5-6,11-13,16,18-20,24-25,27,29-30H,4,7-10,23H2,1-2H3/t13?,16-,18-,19?,20?/m0/s1. The molecule has 1 fully saturated rings. The van der Waals surface area contributed by atoms with Gasteiger partial charge in [0.2, 0.25) is 5.91 Å². The molecule has 1 saturated heterocycles. The Labute approximate surface area is 187 Å². The van der Waals surface area contributed by atoms with E-state index in [1.165, 1.54) is 0 Å². The largest absolute Gasteiger partial charge is 0.398 e. The van der Waals surface area contributed by atoms with Gasteiger partial charge >= 0.3 is 0 Å². The van der Waals surface area contributed by atoms with Crippen LogP contribution in [0.5, 0.6) is 0 Å². The Bertz CT molecular complexity index is 730. The molecule has 9 nitrogen and oxygen atoms in total. The Kier molecular flexibility index (Phi) is 9.67. The van der Waals surface area contributed by atoms with Crippen molar-refractivity contribution in [2.75, 3.05) is 18.9 Å². The van der Waals surface area contributed by atoms with Gasteiger partial charge < -0.3 is 30.7 Å². The lowest BCUT2D eigenvalue weighted by atomic mass is 10.0. The number of anilines is 1. The molecule has 0 aromatic heterocycles. The number of carbonyl (C=O) groups excluding carboxylic acids is 2. The van der Waals surface area contributed by atoms with Gasteiger partial charge in [0.25, 0.3) is 0 Å². The highest BCUT2D eigenvalue weighted by Crippen LogP contribution is 2.29. The molecule has 1 amide bonds. The molecule has 0 radical (unpaired) electrons. The second kappa shape index (κ2) is 11.8. The average Bonchev–Trinajstić information content (AvgIpc) is 3.20. The maximum atomic E-state index is 13.4. The molecule has 1 aliphatic heterocycles. The van der Waals surface area contributed by atoms with E-state index >= 15 is 0 Å². The number of aliphatic hydroxyl groups excluding tert-OH is 3. The summed E-state index contributed by atoms with van der Waals surface area (Å²) in [4.78, 5) is 26.1. The second-order valence-electron chi connectivity index (χ2n) is 8.14. The van der Waals surface area contributed by atoms with E-state index in [-0.39, 0.29) is 29.9 Å². The predicted molar refractivity (Wildman–Crippen MR) is 118 cm³/mol. The number of rotatable bonds is 11. The summed E-state index contributed by atoms with van der Waals surface area (Å²) in [5.74, 6) is -0.442. The van der Waals surface area contributed by atoms with Gasteiger partial charge in [0, 0.05) is 29.4 Å². The fourth-order valence-electron chi connectivity index (χ4n) is 3.88. The molecule has 1 aliphatic rings. The highest BCUT2D eigenvalue weighted by Gasteiger charge is 2.39. The highest BCUT2D eigenvalue weighted by molar-refractivity contribution is 6.31. The number of nitrogens with two attached hydrogens (primary N) is 1. The Balaban J connectivity index is 2.15. The molecule has 0 aliphatic carbocycles. The van der Waals surface area contributed by atoms with Gasteiger partial charge in [-0.25, -0.2) is 0 Å².